The van der Waals surface area contributed by atoms with Gasteiger partial charge in [0, 0.05) is 6.54 Å². The average Bonchev–Trinajstić information content (AvgIpc) is 2.64. The normalized spacial score (nSPS) is 12.2. The van der Waals surface area contributed by atoms with Crippen LogP contribution in [-0.4, -0.2) is 47.7 Å². The third-order valence-electron chi connectivity index (χ3n) is 4.06. The number of rotatable bonds is 10. The van der Waals surface area contributed by atoms with E-state index in [1.165, 1.54) is 4.90 Å². The Bertz CT molecular complexity index is 681. The van der Waals surface area contributed by atoms with Gasteiger partial charge in [0.05, 0.1) is 13.0 Å². The Balaban J connectivity index is 3.02. The molecule has 0 heterocycles. The molecule has 1 atom stereocenters. The number of amides is 1. The van der Waals surface area contributed by atoms with E-state index in [9.17, 15) is 14.4 Å². The second kappa shape index (κ2) is 12.2. The van der Waals surface area contributed by atoms with Crippen LogP contribution in [0.4, 0.5) is 4.79 Å². The lowest BCUT2D eigenvalue weighted by Crippen LogP contribution is -2.49. The molecule has 30 heavy (non-hydrogen) atoms. The van der Waals surface area contributed by atoms with Gasteiger partial charge >= 0.3 is 18.0 Å². The number of benzene rings is 1. The van der Waals surface area contributed by atoms with Crippen molar-refractivity contribution >= 4 is 18.0 Å². The van der Waals surface area contributed by atoms with Crippen molar-refractivity contribution in [2.24, 2.45) is 5.92 Å². The SMILES string of the molecule is CCOC(=O)CCN(C(=O)OC(C)(C)C)[C@H](CC(C)C)C(=O)OCc1ccccc1. The number of ether oxygens (including phenoxy) is 3. The summed E-state index contributed by atoms with van der Waals surface area (Å²) >= 11 is 0. The molecule has 0 aliphatic carbocycles. The Morgan fingerprint density at radius 3 is 2.20 bits per heavy atom. The third kappa shape index (κ3) is 9.76. The molecule has 1 amide bonds. The first-order chi connectivity index (χ1) is 14.0. The van der Waals surface area contributed by atoms with Gasteiger partial charge in [-0.2, -0.15) is 0 Å². The van der Waals surface area contributed by atoms with Crippen molar-refractivity contribution < 1.29 is 28.6 Å². The van der Waals surface area contributed by atoms with E-state index in [1.807, 2.05) is 44.2 Å². The van der Waals surface area contributed by atoms with E-state index < -0.39 is 29.7 Å². The van der Waals surface area contributed by atoms with E-state index >= 15 is 0 Å². The lowest BCUT2D eigenvalue weighted by Gasteiger charge is -2.33. The van der Waals surface area contributed by atoms with Gasteiger partial charge in [-0.3, -0.25) is 9.69 Å². The van der Waals surface area contributed by atoms with Crippen molar-refractivity contribution in [3.63, 3.8) is 0 Å². The maximum atomic E-state index is 12.9. The quantitative estimate of drug-likeness (QED) is 0.413. The summed E-state index contributed by atoms with van der Waals surface area (Å²) in [6.07, 6.45) is -0.308. The zero-order chi connectivity index (χ0) is 22.7. The molecular formula is C23H35NO6. The molecule has 0 radical (unpaired) electrons. The van der Waals surface area contributed by atoms with E-state index in [2.05, 4.69) is 0 Å². The minimum absolute atomic E-state index is 0.00553. The highest BCUT2D eigenvalue weighted by Gasteiger charge is 2.35. The van der Waals surface area contributed by atoms with Crippen molar-refractivity contribution in [2.45, 2.75) is 72.6 Å². The monoisotopic (exact) mass is 421 g/mol. The summed E-state index contributed by atoms with van der Waals surface area (Å²) in [5.41, 5.74) is 0.111. The third-order valence-corrected chi connectivity index (χ3v) is 4.06. The fraction of sp³-hybridized carbons (Fsp3) is 0.609. The van der Waals surface area contributed by atoms with Gasteiger partial charge in [0.25, 0.3) is 0 Å². The number of hydrogen-bond donors (Lipinski definition) is 0. The summed E-state index contributed by atoms with van der Waals surface area (Å²) in [5.74, 6) is -0.846. The van der Waals surface area contributed by atoms with Crippen LogP contribution in [-0.2, 0) is 30.4 Å². The molecule has 0 bridgehead atoms. The van der Waals surface area contributed by atoms with Gasteiger partial charge < -0.3 is 14.2 Å². The lowest BCUT2D eigenvalue weighted by atomic mass is 10.0. The summed E-state index contributed by atoms with van der Waals surface area (Å²) in [4.78, 5) is 39.0. The molecule has 0 unspecified atom stereocenters. The maximum Gasteiger partial charge on any atom is 0.411 e. The minimum atomic E-state index is -0.863. The fourth-order valence-electron chi connectivity index (χ4n) is 2.76. The summed E-state index contributed by atoms with van der Waals surface area (Å²) in [6.45, 7) is 11.2. The van der Waals surface area contributed by atoms with Crippen LogP contribution in [0.25, 0.3) is 0 Å². The molecule has 0 fully saturated rings. The topological polar surface area (TPSA) is 82.1 Å². The van der Waals surface area contributed by atoms with Gasteiger partial charge in [0.15, 0.2) is 0 Å². The molecular weight excluding hydrogens is 386 g/mol. The second-order valence-electron chi connectivity index (χ2n) is 8.47. The van der Waals surface area contributed by atoms with Crippen LogP contribution in [0.3, 0.4) is 0 Å². The first-order valence-electron chi connectivity index (χ1n) is 10.4. The van der Waals surface area contributed by atoms with Crippen molar-refractivity contribution in [1.82, 2.24) is 4.90 Å². The fourth-order valence-corrected chi connectivity index (χ4v) is 2.76. The van der Waals surface area contributed by atoms with Gasteiger partial charge in [0.2, 0.25) is 0 Å². The van der Waals surface area contributed by atoms with E-state index in [0.29, 0.717) is 6.42 Å². The van der Waals surface area contributed by atoms with Crippen molar-refractivity contribution in [2.75, 3.05) is 13.2 Å². The molecule has 0 saturated heterocycles. The van der Waals surface area contributed by atoms with Gasteiger partial charge in [-0.25, -0.2) is 9.59 Å². The Morgan fingerprint density at radius 1 is 1.03 bits per heavy atom. The van der Waals surface area contributed by atoms with Gasteiger partial charge in [-0.05, 0) is 45.6 Å². The molecule has 0 saturated carbocycles. The lowest BCUT2D eigenvalue weighted by molar-refractivity contribution is -0.153. The van der Waals surface area contributed by atoms with Crippen molar-refractivity contribution in [3.05, 3.63) is 35.9 Å². The van der Waals surface area contributed by atoms with Crippen molar-refractivity contribution in [1.29, 1.82) is 0 Å². The molecule has 168 valence electrons. The molecule has 7 nitrogen and oxygen atoms in total. The zero-order valence-electron chi connectivity index (χ0n) is 19.0. The van der Waals surface area contributed by atoms with Gasteiger partial charge in [0.1, 0.15) is 18.2 Å². The Hall–Kier alpha value is -2.57. The highest BCUT2D eigenvalue weighted by atomic mass is 16.6. The summed E-state index contributed by atoms with van der Waals surface area (Å²) < 4.78 is 16.0. The molecule has 0 aliphatic heterocycles. The molecule has 0 aliphatic rings. The average molecular weight is 422 g/mol. The first-order valence-corrected chi connectivity index (χ1v) is 10.4. The predicted octanol–water partition coefficient (Wildman–Crippen LogP) is 4.33. The van der Waals surface area contributed by atoms with Gasteiger partial charge in [-0.1, -0.05) is 44.2 Å². The van der Waals surface area contributed by atoms with Gasteiger partial charge in [-0.15, -0.1) is 0 Å². The Labute approximate surface area is 179 Å². The van der Waals surface area contributed by atoms with E-state index in [0.717, 1.165) is 5.56 Å². The molecule has 1 rings (SSSR count). The van der Waals surface area contributed by atoms with Crippen LogP contribution in [0.15, 0.2) is 30.3 Å². The van der Waals surface area contributed by atoms with E-state index in [-0.39, 0.29) is 32.1 Å². The molecule has 0 N–H and O–H groups in total. The maximum absolute atomic E-state index is 12.9. The smallest absolute Gasteiger partial charge is 0.411 e. The van der Waals surface area contributed by atoms with Crippen LogP contribution in [0, 0.1) is 5.92 Å². The van der Waals surface area contributed by atoms with E-state index in [1.54, 1.807) is 27.7 Å². The summed E-state index contributed by atoms with van der Waals surface area (Å²) in [6, 6.07) is 8.46. The number of hydrogen-bond acceptors (Lipinski definition) is 6. The largest absolute Gasteiger partial charge is 0.466 e. The Morgan fingerprint density at radius 2 is 1.67 bits per heavy atom. The highest BCUT2D eigenvalue weighted by molar-refractivity contribution is 5.82. The standard InChI is InChI=1S/C23H35NO6/c1-7-28-20(25)13-14-24(22(27)30-23(4,5)6)19(15-17(2)3)21(26)29-16-18-11-9-8-10-12-18/h8-12,17,19H,7,13-16H2,1-6H3/t19-/m1/s1. The second-order valence-corrected chi connectivity index (χ2v) is 8.47. The van der Waals surface area contributed by atoms with Crippen molar-refractivity contribution in [3.8, 4) is 0 Å². The van der Waals surface area contributed by atoms with Crippen LogP contribution in [0.5, 0.6) is 0 Å². The van der Waals surface area contributed by atoms with Crippen LogP contribution in [0.1, 0.15) is 59.9 Å². The molecule has 1 aromatic carbocycles. The van der Waals surface area contributed by atoms with Crippen LogP contribution < -0.4 is 0 Å². The molecule has 1 aromatic rings. The van der Waals surface area contributed by atoms with Crippen LogP contribution in [0.2, 0.25) is 0 Å². The van der Waals surface area contributed by atoms with E-state index in [4.69, 9.17) is 14.2 Å². The number of carbonyl (C=O) groups is 3. The number of carbonyl (C=O) groups excluding carboxylic acids is 3. The van der Waals surface area contributed by atoms with Crippen LogP contribution >= 0.6 is 0 Å². The molecule has 0 spiro atoms. The minimum Gasteiger partial charge on any atom is -0.466 e. The molecule has 0 aromatic heterocycles. The predicted molar refractivity (Wildman–Crippen MR) is 114 cm³/mol. The first kappa shape index (κ1) is 25.5. The zero-order valence-corrected chi connectivity index (χ0v) is 19.0. The summed E-state index contributed by atoms with van der Waals surface area (Å²) in [5, 5.41) is 0. The number of nitrogens with zero attached hydrogens (tertiary/aromatic N) is 1. The summed E-state index contributed by atoms with van der Waals surface area (Å²) in [7, 11) is 0. The Kier molecular flexibility index (Phi) is 10.4. The molecule has 7 heteroatoms. The number of esters is 2. The highest BCUT2D eigenvalue weighted by Crippen LogP contribution is 2.19.